The molecule has 1 aliphatic rings. The molecule has 2 rings (SSSR count). The average molecular weight is 383 g/mol. The highest BCUT2D eigenvalue weighted by Gasteiger charge is 2.26. The number of sulfonamides is 1. The molecule has 0 aromatic heterocycles. The summed E-state index contributed by atoms with van der Waals surface area (Å²) in [5.74, 6) is -0.166. The molecule has 0 bridgehead atoms. The average Bonchev–Trinajstić information content (AvgIpc) is 3.05. The number of primary sulfonamides is 1. The Morgan fingerprint density at radius 3 is 2.73 bits per heavy atom. The lowest BCUT2D eigenvalue weighted by atomic mass is 10.1. The highest BCUT2D eigenvalue weighted by Crippen LogP contribution is 2.34. The lowest BCUT2D eigenvalue weighted by Gasteiger charge is -2.23. The molecular formula is C17H25N3O5S. The molecule has 3 N–H and O–H groups in total. The van der Waals surface area contributed by atoms with E-state index in [4.69, 9.17) is 14.6 Å². The summed E-state index contributed by atoms with van der Waals surface area (Å²) < 4.78 is 33.8. The summed E-state index contributed by atoms with van der Waals surface area (Å²) in [6.45, 7) is 5.92. The number of carbonyl (C=O) groups excluding carboxylic acids is 1. The van der Waals surface area contributed by atoms with E-state index in [0.717, 1.165) is 25.9 Å². The monoisotopic (exact) mass is 383 g/mol. The van der Waals surface area contributed by atoms with Crippen LogP contribution in [0, 0.1) is 0 Å². The third-order valence-electron chi connectivity index (χ3n) is 4.39. The van der Waals surface area contributed by atoms with Crippen molar-refractivity contribution in [3.63, 3.8) is 0 Å². The predicted molar refractivity (Wildman–Crippen MR) is 98.0 cm³/mol. The second-order valence-corrected chi connectivity index (χ2v) is 7.60. The van der Waals surface area contributed by atoms with Crippen molar-refractivity contribution in [1.82, 2.24) is 10.2 Å². The van der Waals surface area contributed by atoms with E-state index in [2.05, 4.69) is 16.8 Å². The van der Waals surface area contributed by atoms with Crippen LogP contribution in [0.3, 0.4) is 0 Å². The fraction of sp³-hybridized carbons (Fsp3) is 0.471. The molecule has 9 heteroatoms. The molecular weight excluding hydrogens is 358 g/mol. The van der Waals surface area contributed by atoms with E-state index in [-0.39, 0.29) is 28.0 Å². The van der Waals surface area contributed by atoms with Crippen molar-refractivity contribution in [1.29, 1.82) is 0 Å². The van der Waals surface area contributed by atoms with Crippen LogP contribution in [0.4, 0.5) is 0 Å². The number of nitrogens with zero attached hydrogens (tertiary/aromatic N) is 1. The van der Waals surface area contributed by atoms with Gasteiger partial charge >= 0.3 is 0 Å². The summed E-state index contributed by atoms with van der Waals surface area (Å²) >= 11 is 0. The molecule has 1 amide bonds. The molecule has 1 saturated heterocycles. The molecule has 144 valence electrons. The van der Waals surface area contributed by atoms with Crippen LogP contribution in [-0.4, -0.2) is 59.1 Å². The van der Waals surface area contributed by atoms with Gasteiger partial charge in [-0.2, -0.15) is 0 Å². The largest absolute Gasteiger partial charge is 0.493 e. The van der Waals surface area contributed by atoms with Gasteiger partial charge < -0.3 is 14.8 Å². The van der Waals surface area contributed by atoms with Crippen LogP contribution in [0.25, 0.3) is 0 Å². The van der Waals surface area contributed by atoms with Crippen LogP contribution in [0.15, 0.2) is 29.7 Å². The Labute approximate surface area is 154 Å². The predicted octanol–water partition coefficient (Wildman–Crippen LogP) is 0.731. The molecule has 26 heavy (non-hydrogen) atoms. The zero-order chi connectivity index (χ0) is 19.3. The Bertz CT molecular complexity index is 779. The number of rotatable bonds is 8. The molecule has 8 nitrogen and oxygen atoms in total. The minimum atomic E-state index is -4.00. The fourth-order valence-corrected chi connectivity index (χ4v) is 3.66. The Kier molecular flexibility index (Phi) is 6.63. The van der Waals surface area contributed by atoms with E-state index in [9.17, 15) is 13.2 Å². The smallest absolute Gasteiger partial charge is 0.255 e. The molecule has 1 aromatic carbocycles. The van der Waals surface area contributed by atoms with E-state index in [0.29, 0.717) is 6.54 Å². The van der Waals surface area contributed by atoms with Gasteiger partial charge in [-0.15, -0.1) is 6.58 Å². The summed E-state index contributed by atoms with van der Waals surface area (Å²) in [5.41, 5.74) is 0.0594. The number of likely N-dealkylation sites (tertiary alicyclic amines) is 1. The first kappa shape index (κ1) is 20.2. The van der Waals surface area contributed by atoms with Crippen molar-refractivity contribution >= 4 is 15.9 Å². The maximum atomic E-state index is 12.7. The molecule has 0 aliphatic carbocycles. The number of amides is 1. The zero-order valence-electron chi connectivity index (χ0n) is 15.0. The quantitative estimate of drug-likeness (QED) is 0.640. The topological polar surface area (TPSA) is 111 Å². The minimum Gasteiger partial charge on any atom is -0.493 e. The summed E-state index contributed by atoms with van der Waals surface area (Å²) in [4.78, 5) is 14.7. The van der Waals surface area contributed by atoms with Gasteiger partial charge in [0, 0.05) is 25.2 Å². The molecule has 1 aromatic rings. The van der Waals surface area contributed by atoms with Gasteiger partial charge in [0.05, 0.1) is 24.7 Å². The fourth-order valence-electron chi connectivity index (χ4n) is 3.11. The number of carbonyl (C=O) groups is 1. The van der Waals surface area contributed by atoms with Crippen LogP contribution in [0.1, 0.15) is 23.2 Å². The van der Waals surface area contributed by atoms with Crippen LogP contribution >= 0.6 is 0 Å². The van der Waals surface area contributed by atoms with Gasteiger partial charge in [0.25, 0.3) is 5.91 Å². The van der Waals surface area contributed by atoms with Crippen LogP contribution < -0.4 is 19.9 Å². The van der Waals surface area contributed by atoms with Gasteiger partial charge in [0.15, 0.2) is 11.5 Å². The van der Waals surface area contributed by atoms with Crippen molar-refractivity contribution < 1.29 is 22.7 Å². The molecule has 0 radical (unpaired) electrons. The number of nitrogens with one attached hydrogen (secondary N) is 1. The number of methoxy groups -OCH3 is 2. The lowest BCUT2D eigenvalue weighted by molar-refractivity contribution is 0.0938. The number of hydrogen-bond donors (Lipinski definition) is 2. The van der Waals surface area contributed by atoms with Gasteiger partial charge in [0.2, 0.25) is 10.0 Å². The highest BCUT2D eigenvalue weighted by molar-refractivity contribution is 7.89. The molecule has 0 saturated carbocycles. The maximum Gasteiger partial charge on any atom is 0.255 e. The van der Waals surface area contributed by atoms with E-state index in [1.54, 1.807) is 0 Å². The lowest BCUT2D eigenvalue weighted by Crippen LogP contribution is -2.40. The summed E-state index contributed by atoms with van der Waals surface area (Å²) in [5, 5.41) is 8.04. The number of benzene rings is 1. The Morgan fingerprint density at radius 1 is 1.42 bits per heavy atom. The van der Waals surface area contributed by atoms with Gasteiger partial charge in [-0.05, 0) is 25.5 Å². The first-order valence-electron chi connectivity index (χ1n) is 8.23. The van der Waals surface area contributed by atoms with E-state index >= 15 is 0 Å². The standard InChI is InChI=1S/C17H25N3O5S/c1-4-7-20-8-5-6-12(20)11-19-17(21)14-9-13(26(18,22)23)10-15(24-2)16(14)25-3/h4,9-10,12H,1,5-8,11H2,2-3H3,(H,19,21)(H2,18,22,23)/t12-/m0/s1. The normalized spacial score (nSPS) is 17.7. The SMILES string of the molecule is C=CCN1CCC[C@H]1CNC(=O)c1cc(S(N)(=O)=O)cc(OC)c1OC. The second kappa shape index (κ2) is 8.52. The van der Waals surface area contributed by atoms with Gasteiger partial charge in [-0.3, -0.25) is 9.69 Å². The van der Waals surface area contributed by atoms with E-state index in [1.165, 1.54) is 26.4 Å². The Balaban J connectivity index is 2.25. The third-order valence-corrected chi connectivity index (χ3v) is 5.28. The zero-order valence-corrected chi connectivity index (χ0v) is 15.8. The van der Waals surface area contributed by atoms with E-state index < -0.39 is 15.9 Å². The second-order valence-electron chi connectivity index (χ2n) is 6.04. The van der Waals surface area contributed by atoms with Gasteiger partial charge in [0.1, 0.15) is 0 Å². The summed E-state index contributed by atoms with van der Waals surface area (Å²) in [6.07, 6.45) is 3.88. The summed E-state index contributed by atoms with van der Waals surface area (Å²) in [6, 6.07) is 2.64. The van der Waals surface area contributed by atoms with Crippen LogP contribution in [0.2, 0.25) is 0 Å². The summed E-state index contributed by atoms with van der Waals surface area (Å²) in [7, 11) is -1.26. The maximum absolute atomic E-state index is 12.7. The highest BCUT2D eigenvalue weighted by atomic mass is 32.2. The molecule has 1 heterocycles. The minimum absolute atomic E-state index is 0.0594. The molecule has 0 spiro atoms. The molecule has 1 fully saturated rings. The van der Waals surface area contributed by atoms with Crippen molar-refractivity contribution in [2.24, 2.45) is 5.14 Å². The Morgan fingerprint density at radius 2 is 2.15 bits per heavy atom. The first-order valence-corrected chi connectivity index (χ1v) is 9.78. The first-order chi connectivity index (χ1) is 12.3. The molecule has 1 atom stereocenters. The number of hydrogen-bond acceptors (Lipinski definition) is 6. The molecule has 1 aliphatic heterocycles. The Hall–Kier alpha value is -2.10. The van der Waals surface area contributed by atoms with Gasteiger partial charge in [-0.1, -0.05) is 6.08 Å². The van der Waals surface area contributed by atoms with Crippen molar-refractivity contribution in [3.8, 4) is 11.5 Å². The van der Waals surface area contributed by atoms with Crippen molar-refractivity contribution in [2.75, 3.05) is 33.9 Å². The third kappa shape index (κ3) is 4.54. The number of ether oxygens (including phenoxy) is 2. The van der Waals surface area contributed by atoms with Crippen LogP contribution in [-0.2, 0) is 10.0 Å². The molecule has 0 unspecified atom stereocenters. The van der Waals surface area contributed by atoms with E-state index in [1.807, 2.05) is 6.08 Å². The van der Waals surface area contributed by atoms with Gasteiger partial charge in [-0.25, -0.2) is 13.6 Å². The van der Waals surface area contributed by atoms with Crippen molar-refractivity contribution in [2.45, 2.75) is 23.8 Å². The van der Waals surface area contributed by atoms with Crippen LogP contribution in [0.5, 0.6) is 11.5 Å². The van der Waals surface area contributed by atoms with Crippen molar-refractivity contribution in [3.05, 3.63) is 30.4 Å². The number of nitrogens with two attached hydrogens (primary N) is 1.